The smallest absolute Gasteiger partial charge is 0.318 e. The van der Waals surface area contributed by atoms with Crippen LogP contribution in [0.25, 0.3) is 0 Å². The molecule has 0 bridgehead atoms. The van der Waals surface area contributed by atoms with Gasteiger partial charge in [-0.05, 0) is 25.1 Å². The minimum atomic E-state index is -4.12. The lowest BCUT2D eigenvalue weighted by Gasteiger charge is -2.36. The van der Waals surface area contributed by atoms with Crippen molar-refractivity contribution >= 4 is 43.5 Å². The van der Waals surface area contributed by atoms with Crippen LogP contribution in [0, 0.1) is 18.3 Å². The molecule has 1 aromatic carbocycles. The molecule has 1 aromatic rings. The molecule has 2 aliphatic heterocycles. The van der Waals surface area contributed by atoms with E-state index in [-0.39, 0.29) is 21.8 Å². The normalized spacial score (nSPS) is 24.2. The monoisotopic (exact) mass is 500 g/mol. The first-order valence-electron chi connectivity index (χ1n) is 10.1. The zero-order chi connectivity index (χ0) is 24.9. The highest BCUT2D eigenvalue weighted by atomic mass is 32.2. The maximum atomic E-state index is 13.2. The van der Waals surface area contributed by atoms with E-state index < -0.39 is 53.7 Å². The summed E-state index contributed by atoms with van der Waals surface area (Å²) in [5, 5.41) is 9.86. The average Bonchev–Trinajstić information content (AvgIpc) is 3.21. The molecule has 0 radical (unpaired) electrons. The molecular weight excluding hydrogens is 480 g/mol. The van der Waals surface area contributed by atoms with E-state index >= 15 is 0 Å². The molecule has 1 N–H and O–H groups in total. The lowest BCUT2D eigenvalue weighted by atomic mass is 9.66. The standard InChI is InChI=1S/C23H20N2O7S2/c1-14-6-8-16(9-7-14)34(31,32)19-11-17-18(12-24-21(26)20(17)25-19)23(22(27)28)10-4-3-5-15(23)13-33(2,29)30/h3-12,15H,13H2,1-2H3,(H,27,28). The Balaban J connectivity index is 1.93. The van der Waals surface area contributed by atoms with Gasteiger partial charge in [-0.25, -0.2) is 26.8 Å². The van der Waals surface area contributed by atoms with Crippen molar-refractivity contribution in [1.29, 1.82) is 0 Å². The molecule has 34 heavy (non-hydrogen) atoms. The van der Waals surface area contributed by atoms with Crippen molar-refractivity contribution in [1.82, 2.24) is 0 Å². The number of carbonyl (C=O) groups is 2. The van der Waals surface area contributed by atoms with Crippen molar-refractivity contribution < 1.29 is 31.5 Å². The van der Waals surface area contributed by atoms with Crippen molar-refractivity contribution in [2.75, 3.05) is 12.0 Å². The van der Waals surface area contributed by atoms with Crippen LogP contribution in [0.3, 0.4) is 0 Å². The number of allylic oxidation sites excluding steroid dienone is 4. The maximum Gasteiger partial charge on any atom is 0.318 e. The van der Waals surface area contributed by atoms with Gasteiger partial charge in [0.25, 0.3) is 5.91 Å². The zero-order valence-corrected chi connectivity index (χ0v) is 19.8. The molecular formula is C23H20N2O7S2. The molecule has 2 atom stereocenters. The summed E-state index contributed by atoms with van der Waals surface area (Å²) in [6, 6.07) is 6.07. The van der Waals surface area contributed by atoms with Gasteiger partial charge in [-0.2, -0.15) is 0 Å². The molecule has 1 aliphatic carbocycles. The summed E-state index contributed by atoms with van der Waals surface area (Å²) in [6.07, 6.45) is 9.00. The molecule has 2 heterocycles. The minimum absolute atomic E-state index is 0.00784. The number of amides is 1. The fourth-order valence-electron chi connectivity index (χ4n) is 4.15. The van der Waals surface area contributed by atoms with Gasteiger partial charge in [0, 0.05) is 29.5 Å². The Morgan fingerprint density at radius 2 is 1.79 bits per heavy atom. The lowest BCUT2D eigenvalue weighted by molar-refractivity contribution is -0.145. The third-order valence-corrected chi connectivity index (χ3v) is 8.45. The van der Waals surface area contributed by atoms with Gasteiger partial charge in [0.2, 0.25) is 9.84 Å². The summed E-state index contributed by atoms with van der Waals surface area (Å²) in [6.45, 7) is 1.80. The predicted molar refractivity (Wildman–Crippen MR) is 126 cm³/mol. The zero-order valence-electron chi connectivity index (χ0n) is 18.2. The van der Waals surface area contributed by atoms with Crippen LogP contribution in [0.2, 0.25) is 0 Å². The summed E-state index contributed by atoms with van der Waals surface area (Å²) in [5.41, 5.74) is -1.37. The van der Waals surface area contributed by atoms with Crippen molar-refractivity contribution in [2.24, 2.45) is 21.3 Å². The van der Waals surface area contributed by atoms with Gasteiger partial charge in [-0.3, -0.25) is 9.59 Å². The molecule has 0 spiro atoms. The highest BCUT2D eigenvalue weighted by molar-refractivity contribution is 7.95. The van der Waals surface area contributed by atoms with Gasteiger partial charge in [0.1, 0.15) is 21.0 Å². The van der Waals surface area contributed by atoms with Gasteiger partial charge >= 0.3 is 5.97 Å². The number of aliphatic imine (C=N–C) groups is 2. The highest BCUT2D eigenvalue weighted by Crippen LogP contribution is 2.45. The Labute approximate surface area is 196 Å². The van der Waals surface area contributed by atoms with Crippen LogP contribution in [0.5, 0.6) is 0 Å². The Bertz CT molecular complexity index is 1510. The first-order chi connectivity index (χ1) is 15.9. The minimum Gasteiger partial charge on any atom is -0.480 e. The SMILES string of the molecule is Cc1ccc(S(=O)(=O)C2=CC3=C(C4(C(=O)O)C=CC=CC4CS(C)(=O)=O)C=NC(=O)C3=N2)cc1. The highest BCUT2D eigenvalue weighted by Gasteiger charge is 2.50. The van der Waals surface area contributed by atoms with Gasteiger partial charge in [-0.15, -0.1) is 0 Å². The van der Waals surface area contributed by atoms with Crippen LogP contribution in [0.1, 0.15) is 5.56 Å². The number of hydrogen-bond acceptors (Lipinski definition) is 7. The fraction of sp³-hybridized carbons (Fsp3) is 0.217. The van der Waals surface area contributed by atoms with Gasteiger partial charge in [0.05, 0.1) is 10.6 Å². The van der Waals surface area contributed by atoms with Crippen LogP contribution in [0.15, 0.2) is 85.7 Å². The van der Waals surface area contributed by atoms with Gasteiger partial charge in [-0.1, -0.05) is 42.0 Å². The predicted octanol–water partition coefficient (Wildman–Crippen LogP) is 1.83. The van der Waals surface area contributed by atoms with E-state index in [1.165, 1.54) is 30.4 Å². The summed E-state index contributed by atoms with van der Waals surface area (Å²) in [4.78, 5) is 32.8. The van der Waals surface area contributed by atoms with E-state index in [0.29, 0.717) is 0 Å². The Morgan fingerprint density at radius 3 is 2.41 bits per heavy atom. The Kier molecular flexibility index (Phi) is 5.65. The van der Waals surface area contributed by atoms with Crippen LogP contribution in [-0.2, 0) is 29.3 Å². The maximum absolute atomic E-state index is 13.2. The molecule has 0 saturated heterocycles. The number of sulfone groups is 2. The van der Waals surface area contributed by atoms with E-state index in [0.717, 1.165) is 24.1 Å². The van der Waals surface area contributed by atoms with Crippen molar-refractivity contribution in [3.63, 3.8) is 0 Å². The third kappa shape index (κ3) is 3.90. The number of carboxylic acid groups (broad SMARTS) is 1. The number of nitrogens with zero attached hydrogens (tertiary/aromatic N) is 2. The summed E-state index contributed by atoms with van der Waals surface area (Å²) >= 11 is 0. The van der Waals surface area contributed by atoms with E-state index in [1.54, 1.807) is 25.1 Å². The molecule has 0 saturated carbocycles. The first-order valence-corrected chi connectivity index (χ1v) is 13.6. The van der Waals surface area contributed by atoms with E-state index in [1.807, 2.05) is 0 Å². The lowest BCUT2D eigenvalue weighted by Crippen LogP contribution is -2.44. The Hall–Kier alpha value is -3.44. The molecule has 11 heteroatoms. The number of rotatable bonds is 6. The molecule has 0 aromatic heterocycles. The van der Waals surface area contributed by atoms with Crippen molar-refractivity contribution in [2.45, 2.75) is 11.8 Å². The molecule has 9 nitrogen and oxygen atoms in total. The molecule has 0 fully saturated rings. The number of aliphatic carboxylic acids is 1. The number of carbonyl (C=O) groups excluding carboxylic acids is 1. The quantitative estimate of drug-likeness (QED) is 0.627. The number of fused-ring (bicyclic) bond motifs is 1. The summed E-state index contributed by atoms with van der Waals surface area (Å²) in [7, 11) is -7.71. The second kappa shape index (κ2) is 8.10. The number of hydrogen-bond donors (Lipinski definition) is 1. The van der Waals surface area contributed by atoms with Crippen molar-refractivity contribution in [3.05, 3.63) is 76.4 Å². The second-order valence-electron chi connectivity index (χ2n) is 8.27. The van der Waals surface area contributed by atoms with Gasteiger partial charge < -0.3 is 5.11 Å². The van der Waals surface area contributed by atoms with Crippen LogP contribution in [0.4, 0.5) is 0 Å². The van der Waals surface area contributed by atoms with Crippen LogP contribution >= 0.6 is 0 Å². The van der Waals surface area contributed by atoms with E-state index in [4.69, 9.17) is 0 Å². The topological polar surface area (TPSA) is 147 Å². The van der Waals surface area contributed by atoms with E-state index in [2.05, 4.69) is 9.98 Å². The van der Waals surface area contributed by atoms with E-state index in [9.17, 15) is 31.5 Å². The van der Waals surface area contributed by atoms with Crippen molar-refractivity contribution in [3.8, 4) is 0 Å². The number of benzene rings is 1. The molecule has 176 valence electrons. The average molecular weight is 501 g/mol. The fourth-order valence-corrected chi connectivity index (χ4v) is 6.40. The Morgan fingerprint density at radius 1 is 1.12 bits per heavy atom. The molecule has 1 amide bonds. The molecule has 3 aliphatic rings. The number of aryl methyl sites for hydroxylation is 1. The number of dihydropyridines is 1. The largest absolute Gasteiger partial charge is 0.480 e. The second-order valence-corrected chi connectivity index (χ2v) is 12.3. The van der Waals surface area contributed by atoms with Crippen LogP contribution in [-0.4, -0.2) is 57.8 Å². The van der Waals surface area contributed by atoms with Gasteiger partial charge in [0.15, 0.2) is 5.03 Å². The number of carboxylic acids is 1. The van der Waals surface area contributed by atoms with Crippen LogP contribution < -0.4 is 0 Å². The first kappa shape index (κ1) is 23.7. The summed E-state index contributed by atoms with van der Waals surface area (Å²) in [5.74, 6) is -3.70. The molecule has 4 rings (SSSR count). The molecule has 2 unspecified atom stereocenters. The third-order valence-electron chi connectivity index (χ3n) is 5.84. The summed E-state index contributed by atoms with van der Waals surface area (Å²) < 4.78 is 50.5.